The number of benzene rings is 2. The third kappa shape index (κ3) is 5.10. The molecule has 0 saturated heterocycles. The molecule has 1 heterocycles. The monoisotopic (exact) mass is 422 g/mol. The van der Waals surface area contributed by atoms with Gasteiger partial charge in [-0.05, 0) is 37.1 Å². The van der Waals surface area contributed by atoms with Crippen LogP contribution >= 0.6 is 23.5 Å². The number of hydrogen-bond acceptors (Lipinski definition) is 5. The molecule has 0 spiro atoms. The lowest BCUT2D eigenvalue weighted by Crippen LogP contribution is -2.15. The van der Waals surface area contributed by atoms with E-state index < -0.39 is 0 Å². The van der Waals surface area contributed by atoms with Crippen LogP contribution in [-0.4, -0.2) is 26.4 Å². The van der Waals surface area contributed by atoms with Gasteiger partial charge in [0.2, 0.25) is 5.91 Å². The van der Waals surface area contributed by atoms with E-state index in [1.165, 1.54) is 11.8 Å². The van der Waals surface area contributed by atoms with Gasteiger partial charge >= 0.3 is 0 Å². The molecule has 1 N–H and O–H groups in total. The third-order valence-electron chi connectivity index (χ3n) is 4.46. The second-order valence-corrected chi connectivity index (χ2v) is 8.82. The van der Waals surface area contributed by atoms with Crippen molar-refractivity contribution in [3.05, 3.63) is 73.1 Å². The number of carbonyl (C=O) groups excluding carboxylic acids is 1. The van der Waals surface area contributed by atoms with Crippen LogP contribution in [0.4, 0.5) is 5.69 Å². The summed E-state index contributed by atoms with van der Waals surface area (Å²) in [6, 6.07) is 18.0. The lowest BCUT2D eigenvalue weighted by atomic mass is 10.3. The fourth-order valence-electron chi connectivity index (χ4n) is 2.94. The predicted molar refractivity (Wildman–Crippen MR) is 119 cm³/mol. The van der Waals surface area contributed by atoms with E-state index in [9.17, 15) is 4.79 Å². The van der Waals surface area contributed by atoms with E-state index in [0.717, 1.165) is 39.3 Å². The fourth-order valence-corrected chi connectivity index (χ4v) is 4.62. The Morgan fingerprint density at radius 3 is 2.66 bits per heavy atom. The fraction of sp³-hybridized carbons (Fsp3) is 0.227. The van der Waals surface area contributed by atoms with Crippen molar-refractivity contribution < 1.29 is 4.79 Å². The number of anilines is 1. The number of aromatic nitrogens is 3. The number of thioether (sulfide) groups is 1. The molecule has 148 valence electrons. The average molecular weight is 423 g/mol. The Kier molecular flexibility index (Phi) is 6.36. The van der Waals surface area contributed by atoms with Gasteiger partial charge in [-0.1, -0.05) is 59.9 Å². The zero-order valence-electron chi connectivity index (χ0n) is 16.0. The summed E-state index contributed by atoms with van der Waals surface area (Å²) in [4.78, 5) is 14.7. The molecule has 0 unspecified atom stereocenters. The van der Waals surface area contributed by atoms with Crippen molar-refractivity contribution >= 4 is 35.1 Å². The Morgan fingerprint density at radius 2 is 1.90 bits per heavy atom. The Morgan fingerprint density at radius 1 is 1.14 bits per heavy atom. The molecule has 1 fully saturated rings. The van der Waals surface area contributed by atoms with E-state index in [1.807, 2.05) is 48.5 Å². The van der Waals surface area contributed by atoms with E-state index in [0.29, 0.717) is 12.5 Å². The number of allylic oxidation sites excluding steroid dienone is 1. The molecule has 3 aromatic rings. The van der Waals surface area contributed by atoms with Crippen LogP contribution in [0.5, 0.6) is 0 Å². The van der Waals surface area contributed by atoms with Gasteiger partial charge in [0, 0.05) is 22.3 Å². The van der Waals surface area contributed by atoms with Gasteiger partial charge in [-0.2, -0.15) is 0 Å². The number of nitrogens with zero attached hydrogens (tertiary/aromatic N) is 3. The number of amides is 1. The van der Waals surface area contributed by atoms with Gasteiger partial charge in [0.25, 0.3) is 0 Å². The molecule has 0 radical (unpaired) electrons. The summed E-state index contributed by atoms with van der Waals surface area (Å²) in [6.45, 7) is 4.49. The lowest BCUT2D eigenvalue weighted by Gasteiger charge is -2.11. The average Bonchev–Trinajstić information content (AvgIpc) is 3.50. The molecule has 7 heteroatoms. The van der Waals surface area contributed by atoms with E-state index in [2.05, 4.69) is 38.8 Å². The summed E-state index contributed by atoms with van der Waals surface area (Å²) in [5.74, 6) is 1.74. The largest absolute Gasteiger partial charge is 0.324 e. The molecule has 0 aliphatic heterocycles. The van der Waals surface area contributed by atoms with E-state index in [4.69, 9.17) is 0 Å². The van der Waals surface area contributed by atoms with Crippen molar-refractivity contribution in [3.63, 3.8) is 0 Å². The highest BCUT2D eigenvalue weighted by Gasteiger charge is 2.30. The lowest BCUT2D eigenvalue weighted by molar-refractivity contribution is -0.113. The van der Waals surface area contributed by atoms with Crippen LogP contribution in [-0.2, 0) is 11.3 Å². The Hall–Kier alpha value is -2.51. The number of para-hydroxylation sites is 1. The van der Waals surface area contributed by atoms with Gasteiger partial charge in [0.15, 0.2) is 5.16 Å². The smallest absolute Gasteiger partial charge is 0.234 e. The van der Waals surface area contributed by atoms with Crippen molar-refractivity contribution in [1.29, 1.82) is 0 Å². The van der Waals surface area contributed by atoms with Crippen LogP contribution in [0.2, 0.25) is 0 Å². The van der Waals surface area contributed by atoms with Gasteiger partial charge in [-0.3, -0.25) is 4.79 Å². The minimum atomic E-state index is -0.0581. The predicted octanol–water partition coefficient (Wildman–Crippen LogP) is 5.22. The number of hydrogen-bond donors (Lipinski definition) is 1. The van der Waals surface area contributed by atoms with Gasteiger partial charge in [0.05, 0.1) is 11.4 Å². The highest BCUT2D eigenvalue weighted by molar-refractivity contribution is 8.00. The quantitative estimate of drug-likeness (QED) is 0.378. The zero-order valence-corrected chi connectivity index (χ0v) is 17.6. The zero-order chi connectivity index (χ0) is 20.1. The van der Waals surface area contributed by atoms with Crippen LogP contribution in [0.25, 0.3) is 0 Å². The highest BCUT2D eigenvalue weighted by Crippen LogP contribution is 2.40. The molecule has 0 bridgehead atoms. The summed E-state index contributed by atoms with van der Waals surface area (Å²) >= 11 is 3.05. The molecule has 1 saturated carbocycles. The molecule has 2 aromatic carbocycles. The number of rotatable bonds is 9. The van der Waals surface area contributed by atoms with Crippen molar-refractivity contribution in [2.75, 3.05) is 11.1 Å². The first-order chi connectivity index (χ1) is 14.2. The van der Waals surface area contributed by atoms with Crippen molar-refractivity contribution in [1.82, 2.24) is 14.8 Å². The first-order valence-corrected chi connectivity index (χ1v) is 11.3. The standard InChI is InChI=1S/C22H22N4OS2/c1-2-14-26-21(16-12-13-16)24-25-22(26)28-15-20(27)23-18-10-6-7-11-19(18)29-17-8-4-3-5-9-17/h2-11,16H,1,12-15H2,(H,23,27). The van der Waals surface area contributed by atoms with Crippen molar-refractivity contribution in [2.24, 2.45) is 0 Å². The third-order valence-corrected chi connectivity index (χ3v) is 6.51. The molecule has 1 amide bonds. The van der Waals surface area contributed by atoms with Crippen LogP contribution < -0.4 is 5.32 Å². The van der Waals surface area contributed by atoms with Crippen LogP contribution in [0.1, 0.15) is 24.6 Å². The summed E-state index contributed by atoms with van der Waals surface area (Å²) in [7, 11) is 0. The first-order valence-electron chi connectivity index (χ1n) is 9.53. The Labute approximate surface area is 179 Å². The minimum Gasteiger partial charge on any atom is -0.324 e. The van der Waals surface area contributed by atoms with Gasteiger partial charge in [-0.15, -0.1) is 16.8 Å². The summed E-state index contributed by atoms with van der Waals surface area (Å²) in [5.41, 5.74) is 0.818. The summed E-state index contributed by atoms with van der Waals surface area (Å²) in [5, 5.41) is 12.4. The molecule has 1 aliphatic rings. The molecule has 5 nitrogen and oxygen atoms in total. The normalized spacial score (nSPS) is 13.2. The topological polar surface area (TPSA) is 59.8 Å². The second kappa shape index (κ2) is 9.33. The second-order valence-electron chi connectivity index (χ2n) is 6.76. The molecular formula is C22H22N4OS2. The first kappa shape index (κ1) is 19.8. The molecule has 29 heavy (non-hydrogen) atoms. The molecule has 0 atom stereocenters. The maximum atomic E-state index is 12.6. The minimum absolute atomic E-state index is 0.0581. The SMILES string of the molecule is C=CCn1c(SCC(=O)Nc2ccccc2Sc2ccccc2)nnc1C1CC1. The molecule has 4 rings (SSSR count). The van der Waals surface area contributed by atoms with E-state index >= 15 is 0 Å². The summed E-state index contributed by atoms with van der Waals surface area (Å²) in [6.07, 6.45) is 4.17. The Bertz CT molecular complexity index is 999. The van der Waals surface area contributed by atoms with Crippen LogP contribution in [0, 0.1) is 0 Å². The van der Waals surface area contributed by atoms with Crippen molar-refractivity contribution in [2.45, 2.75) is 40.3 Å². The maximum absolute atomic E-state index is 12.6. The van der Waals surface area contributed by atoms with Gasteiger partial charge in [0.1, 0.15) is 5.82 Å². The van der Waals surface area contributed by atoms with Crippen molar-refractivity contribution in [3.8, 4) is 0 Å². The highest BCUT2D eigenvalue weighted by atomic mass is 32.2. The van der Waals surface area contributed by atoms with Gasteiger partial charge < -0.3 is 9.88 Å². The van der Waals surface area contributed by atoms with Crippen LogP contribution in [0.3, 0.4) is 0 Å². The number of carbonyl (C=O) groups is 1. The van der Waals surface area contributed by atoms with Gasteiger partial charge in [-0.25, -0.2) is 0 Å². The number of nitrogens with one attached hydrogen (secondary N) is 1. The summed E-state index contributed by atoms with van der Waals surface area (Å²) < 4.78 is 2.07. The van der Waals surface area contributed by atoms with E-state index in [1.54, 1.807) is 11.8 Å². The maximum Gasteiger partial charge on any atom is 0.234 e. The molecular weight excluding hydrogens is 400 g/mol. The Balaban J connectivity index is 1.40. The van der Waals surface area contributed by atoms with Crippen LogP contribution in [0.15, 0.2) is 82.2 Å². The molecule has 1 aromatic heterocycles. The molecule has 1 aliphatic carbocycles. The van der Waals surface area contributed by atoms with E-state index in [-0.39, 0.29) is 11.7 Å².